The van der Waals surface area contributed by atoms with Crippen LogP contribution in [0.15, 0.2) is 59.6 Å². The summed E-state index contributed by atoms with van der Waals surface area (Å²) in [6.07, 6.45) is 2.27. The maximum Gasteiger partial charge on any atom is 0.329 e. The number of piperazine rings is 1. The molecule has 184 valence electrons. The molecule has 0 saturated carbocycles. The molecule has 0 bridgehead atoms. The van der Waals surface area contributed by atoms with E-state index in [-0.39, 0.29) is 28.9 Å². The zero-order chi connectivity index (χ0) is 25.0. The molecule has 12 heteroatoms. The number of aromatic nitrogens is 2. The molecule has 11 nitrogen and oxygen atoms in total. The summed E-state index contributed by atoms with van der Waals surface area (Å²) in [6, 6.07) is 14.3. The van der Waals surface area contributed by atoms with Crippen molar-refractivity contribution < 1.29 is 13.3 Å². The highest BCUT2D eigenvalue weighted by Crippen LogP contribution is 2.26. The first-order chi connectivity index (χ1) is 16.7. The van der Waals surface area contributed by atoms with Gasteiger partial charge in [0.25, 0.3) is 0 Å². The van der Waals surface area contributed by atoms with Crippen LogP contribution in [0.3, 0.4) is 0 Å². The van der Waals surface area contributed by atoms with Gasteiger partial charge in [0.1, 0.15) is 6.20 Å². The first-order valence-corrected chi connectivity index (χ1v) is 12.9. The van der Waals surface area contributed by atoms with Gasteiger partial charge in [-0.05, 0) is 49.0 Å². The van der Waals surface area contributed by atoms with Gasteiger partial charge in [-0.2, -0.15) is 4.98 Å². The van der Waals surface area contributed by atoms with E-state index in [9.17, 15) is 18.5 Å². The number of anilines is 4. The second-order valence-corrected chi connectivity index (χ2v) is 10.4. The first-order valence-electron chi connectivity index (χ1n) is 11.0. The van der Waals surface area contributed by atoms with Crippen LogP contribution in [0.2, 0.25) is 0 Å². The van der Waals surface area contributed by atoms with Crippen molar-refractivity contribution in [2.24, 2.45) is 0 Å². The number of hydrogen-bond acceptors (Lipinski definition) is 10. The molecule has 0 spiro atoms. The third-order valence-electron chi connectivity index (χ3n) is 5.74. The van der Waals surface area contributed by atoms with Gasteiger partial charge in [0, 0.05) is 50.4 Å². The summed E-state index contributed by atoms with van der Waals surface area (Å²) < 4.78 is 23.6. The van der Waals surface area contributed by atoms with Gasteiger partial charge in [-0.3, -0.25) is 10.1 Å². The van der Waals surface area contributed by atoms with Crippen molar-refractivity contribution in [3.8, 4) is 0 Å². The number of hydrogen-bond donors (Lipinski definition) is 2. The predicted molar refractivity (Wildman–Crippen MR) is 135 cm³/mol. The number of likely N-dealkylation sites (N-methyl/N-ethyl adjacent to an activating group) is 1. The molecule has 3 aromatic rings. The molecule has 2 aromatic carbocycles. The number of nitro groups is 1. The lowest BCUT2D eigenvalue weighted by atomic mass is 10.2. The summed E-state index contributed by atoms with van der Waals surface area (Å²) in [5.41, 5.74) is 2.26. The van der Waals surface area contributed by atoms with Crippen molar-refractivity contribution in [2.45, 2.75) is 11.4 Å². The van der Waals surface area contributed by atoms with Crippen molar-refractivity contribution in [1.29, 1.82) is 0 Å². The molecule has 1 saturated heterocycles. The molecule has 4 rings (SSSR count). The van der Waals surface area contributed by atoms with E-state index in [4.69, 9.17) is 0 Å². The number of benzene rings is 2. The molecule has 2 N–H and O–H groups in total. The number of nitrogens with one attached hydrogen (secondary N) is 2. The average Bonchev–Trinajstić information content (AvgIpc) is 2.83. The van der Waals surface area contributed by atoms with Gasteiger partial charge < -0.3 is 20.4 Å². The molecule has 0 amide bonds. The molecular formula is C23H27N7O4S. The Morgan fingerprint density at radius 2 is 1.80 bits per heavy atom. The van der Waals surface area contributed by atoms with E-state index in [1.165, 1.54) is 12.1 Å². The van der Waals surface area contributed by atoms with Crippen molar-refractivity contribution in [2.75, 3.05) is 55.0 Å². The van der Waals surface area contributed by atoms with Gasteiger partial charge in [0.2, 0.25) is 11.8 Å². The summed E-state index contributed by atoms with van der Waals surface area (Å²) in [5, 5.41) is 17.5. The summed E-state index contributed by atoms with van der Waals surface area (Å²) in [4.78, 5) is 24.1. The van der Waals surface area contributed by atoms with Crippen molar-refractivity contribution in [3.05, 3.63) is 70.4 Å². The van der Waals surface area contributed by atoms with Crippen molar-refractivity contribution in [3.63, 3.8) is 0 Å². The fraction of sp³-hybridized carbons (Fsp3) is 0.304. The molecule has 1 aromatic heterocycles. The zero-order valence-electron chi connectivity index (χ0n) is 19.5. The summed E-state index contributed by atoms with van der Waals surface area (Å²) in [7, 11) is -1.25. The molecule has 0 aliphatic carbocycles. The minimum absolute atomic E-state index is 0.0336. The highest BCUT2D eigenvalue weighted by Gasteiger charge is 2.18. The Morgan fingerprint density at radius 3 is 2.46 bits per heavy atom. The van der Waals surface area contributed by atoms with Crippen LogP contribution >= 0.6 is 0 Å². The standard InChI is InChI=1S/C23H27N7O4S/c1-28-10-12-29(13-11-28)19-8-6-18(7-9-19)26-23-25-16-21(30(31)32)22(27-23)24-15-17-4-3-5-20(14-17)35(2,33)34/h3-9,14,16H,10-13,15H2,1-2H3,(H2,24,25,26,27). The number of rotatable bonds is 8. The molecule has 2 heterocycles. The third-order valence-corrected chi connectivity index (χ3v) is 6.85. The lowest BCUT2D eigenvalue weighted by Crippen LogP contribution is -2.44. The summed E-state index contributed by atoms with van der Waals surface area (Å²) in [5.74, 6) is 0.238. The van der Waals surface area contributed by atoms with Crippen LogP contribution in [0.4, 0.5) is 28.8 Å². The molecule has 1 aliphatic heterocycles. The van der Waals surface area contributed by atoms with Crippen LogP contribution in [-0.4, -0.2) is 67.7 Å². The largest absolute Gasteiger partial charge is 0.369 e. The van der Waals surface area contributed by atoms with Gasteiger partial charge in [-0.25, -0.2) is 13.4 Å². The van der Waals surface area contributed by atoms with E-state index in [1.54, 1.807) is 12.1 Å². The van der Waals surface area contributed by atoms with Crippen molar-refractivity contribution in [1.82, 2.24) is 14.9 Å². The predicted octanol–water partition coefficient (Wildman–Crippen LogP) is 2.90. The van der Waals surface area contributed by atoms with E-state index in [2.05, 4.69) is 37.4 Å². The van der Waals surface area contributed by atoms with E-state index >= 15 is 0 Å². The maximum atomic E-state index is 11.8. The molecule has 1 fully saturated rings. The maximum absolute atomic E-state index is 11.8. The van der Waals surface area contributed by atoms with Crippen LogP contribution in [0.1, 0.15) is 5.56 Å². The molecule has 0 atom stereocenters. The van der Waals surface area contributed by atoms with Gasteiger partial charge in [-0.1, -0.05) is 12.1 Å². The highest BCUT2D eigenvalue weighted by molar-refractivity contribution is 7.90. The lowest BCUT2D eigenvalue weighted by molar-refractivity contribution is -0.384. The second kappa shape index (κ2) is 10.2. The molecule has 35 heavy (non-hydrogen) atoms. The SMILES string of the molecule is CN1CCN(c2ccc(Nc3ncc([N+](=O)[O-])c(NCc4cccc(S(C)(=O)=O)c4)n3)cc2)CC1. The fourth-order valence-corrected chi connectivity index (χ4v) is 4.41. The Morgan fingerprint density at radius 1 is 1.09 bits per heavy atom. The second-order valence-electron chi connectivity index (χ2n) is 8.42. The minimum Gasteiger partial charge on any atom is -0.369 e. The lowest BCUT2D eigenvalue weighted by Gasteiger charge is -2.34. The van der Waals surface area contributed by atoms with Crippen LogP contribution < -0.4 is 15.5 Å². The Bertz CT molecular complexity index is 1310. The van der Waals surface area contributed by atoms with Crippen LogP contribution in [0.25, 0.3) is 0 Å². The van der Waals surface area contributed by atoms with Gasteiger partial charge in [-0.15, -0.1) is 0 Å². The molecule has 0 unspecified atom stereocenters. The monoisotopic (exact) mass is 497 g/mol. The van der Waals surface area contributed by atoms with Crippen LogP contribution in [0, 0.1) is 10.1 Å². The highest BCUT2D eigenvalue weighted by atomic mass is 32.2. The third kappa shape index (κ3) is 6.22. The minimum atomic E-state index is -3.36. The van der Waals surface area contributed by atoms with Gasteiger partial charge in [0.15, 0.2) is 9.84 Å². The molecule has 1 aliphatic rings. The van der Waals surface area contributed by atoms with E-state index in [0.29, 0.717) is 5.56 Å². The normalized spacial score (nSPS) is 14.5. The van der Waals surface area contributed by atoms with E-state index in [1.807, 2.05) is 24.3 Å². The van der Waals surface area contributed by atoms with Crippen molar-refractivity contribution >= 4 is 38.7 Å². The van der Waals surface area contributed by atoms with E-state index in [0.717, 1.165) is 50.0 Å². The Labute approximate surface area is 203 Å². The molecular weight excluding hydrogens is 470 g/mol. The Kier molecular flexibility index (Phi) is 7.12. The Balaban J connectivity index is 1.48. The smallest absolute Gasteiger partial charge is 0.329 e. The van der Waals surface area contributed by atoms with Gasteiger partial charge in [0.05, 0.1) is 9.82 Å². The summed E-state index contributed by atoms with van der Waals surface area (Å²) >= 11 is 0. The topological polar surface area (TPSA) is 134 Å². The van der Waals surface area contributed by atoms with Crippen LogP contribution in [-0.2, 0) is 16.4 Å². The van der Waals surface area contributed by atoms with E-state index < -0.39 is 14.8 Å². The summed E-state index contributed by atoms with van der Waals surface area (Å²) in [6.45, 7) is 4.13. The molecule has 0 radical (unpaired) electrons. The Hall–Kier alpha value is -3.77. The average molecular weight is 498 g/mol. The number of nitrogens with zero attached hydrogens (tertiary/aromatic N) is 5. The van der Waals surface area contributed by atoms with Crippen LogP contribution in [0.5, 0.6) is 0 Å². The number of sulfone groups is 1. The van der Waals surface area contributed by atoms with Gasteiger partial charge >= 0.3 is 5.69 Å². The fourth-order valence-electron chi connectivity index (χ4n) is 3.72. The first kappa shape index (κ1) is 24.4. The zero-order valence-corrected chi connectivity index (χ0v) is 20.3. The quantitative estimate of drug-likeness (QED) is 0.353.